The topological polar surface area (TPSA) is 83.1 Å². The Morgan fingerprint density at radius 1 is 0.931 bits per heavy atom. The van der Waals surface area contributed by atoms with E-state index in [4.69, 9.17) is 18.9 Å². The molecule has 1 aliphatic rings. The number of hydrogen-bond acceptors (Lipinski definition) is 6. The average molecular weight is 422 g/mol. The smallest absolute Gasteiger partial charge is 0.241 e. The lowest BCUT2D eigenvalue weighted by Crippen LogP contribution is -2.31. The molecule has 0 saturated carbocycles. The second-order valence-electron chi connectivity index (χ2n) is 7.12. The lowest BCUT2D eigenvalue weighted by Gasteiger charge is -2.24. The predicted octanol–water partition coefficient (Wildman–Crippen LogP) is 3.54. The molecule has 0 spiro atoms. The molecule has 158 valence electrons. The highest BCUT2D eigenvalue weighted by molar-refractivity contribution is 7.89. The van der Waals surface area contributed by atoms with Gasteiger partial charge in [0.25, 0.3) is 0 Å². The summed E-state index contributed by atoms with van der Waals surface area (Å²) in [6.45, 7) is 5.10. The van der Waals surface area contributed by atoms with Crippen molar-refractivity contribution in [3.8, 4) is 23.0 Å². The van der Waals surface area contributed by atoms with Crippen molar-refractivity contribution < 1.29 is 27.4 Å². The fourth-order valence-corrected chi connectivity index (χ4v) is 4.57. The molecule has 0 radical (unpaired) electrons. The highest BCUT2D eigenvalue weighted by Gasteiger charge is 2.26. The Hall–Kier alpha value is -2.45. The molecule has 0 aromatic heterocycles. The number of rotatable bonds is 7. The normalized spacial score (nSPS) is 14.9. The lowest BCUT2D eigenvalue weighted by molar-refractivity contribution is 0.297. The maximum absolute atomic E-state index is 13.1. The SMILES string of the molecule is COc1ccc(S(=O)(=O)N[C@H](c2ccc3c(c2)OCCCO3)C(C)C)cc1OC. The lowest BCUT2D eigenvalue weighted by atomic mass is 9.97. The van der Waals surface area contributed by atoms with Gasteiger partial charge in [-0.3, -0.25) is 0 Å². The summed E-state index contributed by atoms with van der Waals surface area (Å²) in [4.78, 5) is 0.107. The predicted molar refractivity (Wildman–Crippen MR) is 109 cm³/mol. The fourth-order valence-electron chi connectivity index (χ4n) is 3.18. The van der Waals surface area contributed by atoms with Gasteiger partial charge >= 0.3 is 0 Å². The zero-order valence-corrected chi connectivity index (χ0v) is 17.9. The van der Waals surface area contributed by atoms with E-state index in [9.17, 15) is 8.42 Å². The molecule has 8 heteroatoms. The largest absolute Gasteiger partial charge is 0.493 e. The minimum atomic E-state index is -3.80. The maximum Gasteiger partial charge on any atom is 0.241 e. The minimum Gasteiger partial charge on any atom is -0.493 e. The Labute approximate surface area is 172 Å². The van der Waals surface area contributed by atoms with Gasteiger partial charge < -0.3 is 18.9 Å². The molecule has 7 nitrogen and oxygen atoms in total. The number of fused-ring (bicyclic) bond motifs is 1. The van der Waals surface area contributed by atoms with E-state index < -0.39 is 16.1 Å². The molecule has 2 aromatic carbocycles. The molecule has 1 heterocycles. The van der Waals surface area contributed by atoms with Gasteiger partial charge in [-0.25, -0.2) is 13.1 Å². The van der Waals surface area contributed by atoms with E-state index in [2.05, 4.69) is 4.72 Å². The number of hydrogen-bond donors (Lipinski definition) is 1. The molecule has 1 atom stereocenters. The zero-order chi connectivity index (χ0) is 21.0. The molecular weight excluding hydrogens is 394 g/mol. The first-order valence-corrected chi connectivity index (χ1v) is 11.0. The molecule has 3 rings (SSSR count). The quantitative estimate of drug-likeness (QED) is 0.736. The van der Waals surface area contributed by atoms with Crippen LogP contribution < -0.4 is 23.7 Å². The van der Waals surface area contributed by atoms with Crippen molar-refractivity contribution in [2.45, 2.75) is 31.2 Å². The number of methoxy groups -OCH3 is 2. The number of ether oxygens (including phenoxy) is 4. The van der Waals surface area contributed by atoms with Gasteiger partial charge in [-0.2, -0.15) is 0 Å². The van der Waals surface area contributed by atoms with Crippen molar-refractivity contribution >= 4 is 10.0 Å². The van der Waals surface area contributed by atoms with Crippen LogP contribution in [-0.4, -0.2) is 35.9 Å². The van der Waals surface area contributed by atoms with E-state index in [1.807, 2.05) is 32.0 Å². The van der Waals surface area contributed by atoms with E-state index in [1.165, 1.54) is 26.4 Å². The van der Waals surface area contributed by atoms with Crippen molar-refractivity contribution in [3.05, 3.63) is 42.0 Å². The van der Waals surface area contributed by atoms with Gasteiger partial charge in [0, 0.05) is 18.5 Å². The van der Waals surface area contributed by atoms with E-state index in [1.54, 1.807) is 6.07 Å². The first kappa shape index (κ1) is 21.3. The summed E-state index contributed by atoms with van der Waals surface area (Å²) in [6.07, 6.45) is 0.809. The maximum atomic E-state index is 13.1. The summed E-state index contributed by atoms with van der Waals surface area (Å²) in [5.41, 5.74) is 0.813. The van der Waals surface area contributed by atoms with Gasteiger partial charge in [-0.05, 0) is 35.7 Å². The fraction of sp³-hybridized carbons (Fsp3) is 0.429. The summed E-state index contributed by atoms with van der Waals surface area (Å²) in [7, 11) is -0.825. The number of sulfonamides is 1. The van der Waals surface area contributed by atoms with E-state index in [0.717, 1.165) is 12.0 Å². The summed E-state index contributed by atoms with van der Waals surface area (Å²) in [5, 5.41) is 0. The Morgan fingerprint density at radius 2 is 1.62 bits per heavy atom. The van der Waals surface area contributed by atoms with Crippen LogP contribution in [0.2, 0.25) is 0 Å². The third-order valence-electron chi connectivity index (χ3n) is 4.74. The molecule has 0 amide bonds. The van der Waals surface area contributed by atoms with Crippen LogP contribution in [0.3, 0.4) is 0 Å². The van der Waals surface area contributed by atoms with Crippen LogP contribution in [0.4, 0.5) is 0 Å². The van der Waals surface area contributed by atoms with Crippen LogP contribution in [0.5, 0.6) is 23.0 Å². The Balaban J connectivity index is 1.92. The average Bonchev–Trinajstić information content (AvgIpc) is 2.96. The molecule has 1 aliphatic heterocycles. The second-order valence-corrected chi connectivity index (χ2v) is 8.83. The first-order chi connectivity index (χ1) is 13.9. The molecule has 0 unspecified atom stereocenters. The van der Waals surface area contributed by atoms with Gasteiger partial charge in [0.05, 0.1) is 32.3 Å². The van der Waals surface area contributed by atoms with Crippen molar-refractivity contribution in [1.29, 1.82) is 0 Å². The van der Waals surface area contributed by atoms with Crippen LogP contribution in [0.1, 0.15) is 31.9 Å². The van der Waals surface area contributed by atoms with Crippen molar-refractivity contribution in [2.24, 2.45) is 5.92 Å². The summed E-state index contributed by atoms with van der Waals surface area (Å²) in [5.74, 6) is 2.14. The standard InChI is InChI=1S/C21H27NO6S/c1-14(2)21(15-6-8-18-20(12-15)28-11-5-10-27-18)22-29(23,24)16-7-9-17(25-3)19(13-16)26-4/h6-9,12-14,21-22H,5,10-11H2,1-4H3/t21-/m0/s1. The molecular formula is C21H27NO6S. The zero-order valence-electron chi connectivity index (χ0n) is 17.1. The van der Waals surface area contributed by atoms with Crippen LogP contribution in [-0.2, 0) is 10.0 Å². The third-order valence-corrected chi connectivity index (χ3v) is 6.18. The molecule has 0 fully saturated rings. The Morgan fingerprint density at radius 3 is 2.28 bits per heavy atom. The number of nitrogens with one attached hydrogen (secondary N) is 1. The van der Waals surface area contributed by atoms with E-state index in [-0.39, 0.29) is 10.8 Å². The van der Waals surface area contributed by atoms with Gasteiger partial charge in [-0.1, -0.05) is 19.9 Å². The molecule has 0 bridgehead atoms. The van der Waals surface area contributed by atoms with Crippen LogP contribution in [0.15, 0.2) is 41.3 Å². The first-order valence-electron chi connectivity index (χ1n) is 9.49. The van der Waals surface area contributed by atoms with Gasteiger partial charge in [0.2, 0.25) is 10.0 Å². The molecule has 1 N–H and O–H groups in total. The summed E-state index contributed by atoms with van der Waals surface area (Å²) >= 11 is 0. The van der Waals surface area contributed by atoms with Crippen molar-refractivity contribution in [1.82, 2.24) is 4.72 Å². The Bertz CT molecular complexity index is 958. The van der Waals surface area contributed by atoms with Crippen LogP contribution in [0.25, 0.3) is 0 Å². The van der Waals surface area contributed by atoms with Crippen LogP contribution >= 0.6 is 0 Å². The molecule has 29 heavy (non-hydrogen) atoms. The Kier molecular flexibility index (Phi) is 6.54. The highest BCUT2D eigenvalue weighted by Crippen LogP contribution is 2.35. The van der Waals surface area contributed by atoms with E-state index >= 15 is 0 Å². The second kappa shape index (κ2) is 8.92. The third kappa shape index (κ3) is 4.76. The van der Waals surface area contributed by atoms with Crippen LogP contribution in [0, 0.1) is 5.92 Å². The summed E-state index contributed by atoms with van der Waals surface area (Å²) < 4.78 is 50.8. The summed E-state index contributed by atoms with van der Waals surface area (Å²) in [6, 6.07) is 9.63. The molecule has 0 saturated heterocycles. The van der Waals surface area contributed by atoms with Gasteiger partial charge in [0.15, 0.2) is 23.0 Å². The monoisotopic (exact) mass is 421 g/mol. The van der Waals surface area contributed by atoms with Gasteiger partial charge in [-0.15, -0.1) is 0 Å². The highest BCUT2D eigenvalue weighted by atomic mass is 32.2. The van der Waals surface area contributed by atoms with Gasteiger partial charge in [0.1, 0.15) is 0 Å². The van der Waals surface area contributed by atoms with Crippen molar-refractivity contribution in [3.63, 3.8) is 0 Å². The van der Waals surface area contributed by atoms with Crippen molar-refractivity contribution in [2.75, 3.05) is 27.4 Å². The van der Waals surface area contributed by atoms with E-state index in [0.29, 0.717) is 36.2 Å². The minimum absolute atomic E-state index is 0.00895. The molecule has 0 aliphatic carbocycles. The molecule has 2 aromatic rings. The number of benzene rings is 2.